The molecule has 7 heteroatoms. The van der Waals surface area contributed by atoms with Gasteiger partial charge in [-0.2, -0.15) is 5.26 Å². The summed E-state index contributed by atoms with van der Waals surface area (Å²) in [6.45, 7) is 0.314. The standard InChI is InChI=1S/C20H17N3O3S/c1-25-16-10-6-9-14(18(16)26-12-13-7-4-3-5-8-13)17-15(11-21)19(24)23-20(22-17)27-2/h3-10H,12H2,1-2H3,(H,22,23,24). The van der Waals surface area contributed by atoms with E-state index in [-0.39, 0.29) is 11.3 Å². The predicted octanol–water partition coefficient (Wildman–Crippen LogP) is 3.62. The van der Waals surface area contributed by atoms with Crippen molar-refractivity contribution in [1.82, 2.24) is 9.97 Å². The molecule has 0 atom stereocenters. The van der Waals surface area contributed by atoms with Gasteiger partial charge >= 0.3 is 0 Å². The van der Waals surface area contributed by atoms with E-state index in [9.17, 15) is 10.1 Å². The van der Waals surface area contributed by atoms with E-state index in [1.54, 1.807) is 24.5 Å². The Morgan fingerprint density at radius 3 is 2.63 bits per heavy atom. The summed E-state index contributed by atoms with van der Waals surface area (Å²) in [5.41, 5.74) is 1.24. The average molecular weight is 379 g/mol. The normalized spacial score (nSPS) is 10.3. The predicted molar refractivity (Wildman–Crippen MR) is 104 cm³/mol. The molecule has 0 unspecified atom stereocenters. The minimum atomic E-state index is -0.483. The molecule has 0 aliphatic rings. The average Bonchev–Trinajstić information content (AvgIpc) is 2.72. The Balaban J connectivity index is 2.13. The van der Waals surface area contributed by atoms with Crippen molar-refractivity contribution >= 4 is 11.8 Å². The molecule has 0 radical (unpaired) electrons. The lowest BCUT2D eigenvalue weighted by molar-refractivity contribution is 0.285. The number of nitrogens with one attached hydrogen (secondary N) is 1. The fourth-order valence-corrected chi connectivity index (χ4v) is 2.97. The molecule has 0 aliphatic heterocycles. The third-order valence-corrected chi connectivity index (χ3v) is 4.46. The third-order valence-electron chi connectivity index (χ3n) is 3.88. The second kappa shape index (κ2) is 8.43. The summed E-state index contributed by atoms with van der Waals surface area (Å²) in [4.78, 5) is 19.3. The largest absolute Gasteiger partial charge is 0.493 e. The second-order valence-corrected chi connectivity index (χ2v) is 6.32. The van der Waals surface area contributed by atoms with Gasteiger partial charge in [0, 0.05) is 5.56 Å². The summed E-state index contributed by atoms with van der Waals surface area (Å²) in [6.07, 6.45) is 1.80. The van der Waals surface area contributed by atoms with E-state index in [4.69, 9.17) is 9.47 Å². The van der Waals surface area contributed by atoms with Crippen LogP contribution in [0.1, 0.15) is 11.1 Å². The van der Waals surface area contributed by atoms with Crippen molar-refractivity contribution < 1.29 is 9.47 Å². The molecule has 0 saturated carbocycles. The lowest BCUT2D eigenvalue weighted by Gasteiger charge is -2.15. The molecule has 3 rings (SSSR count). The lowest BCUT2D eigenvalue weighted by Crippen LogP contribution is -2.15. The summed E-state index contributed by atoms with van der Waals surface area (Å²) in [7, 11) is 1.54. The molecule has 1 aromatic heterocycles. The van der Waals surface area contributed by atoms with Crippen LogP contribution in [-0.4, -0.2) is 23.3 Å². The molecule has 6 nitrogen and oxygen atoms in total. The molecule has 0 fully saturated rings. The number of methoxy groups -OCH3 is 1. The Labute approximate surface area is 160 Å². The quantitative estimate of drug-likeness (QED) is 0.520. The number of hydrogen-bond donors (Lipinski definition) is 1. The number of rotatable bonds is 6. The molecule has 1 N–H and O–H groups in total. The van der Waals surface area contributed by atoms with Gasteiger partial charge in [-0.15, -0.1) is 0 Å². The molecule has 27 heavy (non-hydrogen) atoms. The van der Waals surface area contributed by atoms with Gasteiger partial charge in [0.2, 0.25) is 0 Å². The van der Waals surface area contributed by atoms with Crippen molar-refractivity contribution in [1.29, 1.82) is 5.26 Å². The maximum Gasteiger partial charge on any atom is 0.270 e. The van der Waals surface area contributed by atoms with Gasteiger partial charge < -0.3 is 14.5 Å². The number of nitriles is 1. The van der Waals surface area contributed by atoms with Gasteiger partial charge in [-0.05, 0) is 24.0 Å². The van der Waals surface area contributed by atoms with Crippen LogP contribution in [0.5, 0.6) is 11.5 Å². The van der Waals surface area contributed by atoms with Gasteiger partial charge in [0.1, 0.15) is 23.9 Å². The van der Waals surface area contributed by atoms with E-state index < -0.39 is 5.56 Å². The van der Waals surface area contributed by atoms with Gasteiger partial charge in [-0.1, -0.05) is 48.2 Å². The number of nitrogens with zero attached hydrogens (tertiary/aromatic N) is 2. The monoisotopic (exact) mass is 379 g/mol. The van der Waals surface area contributed by atoms with E-state index in [1.807, 2.05) is 36.4 Å². The Morgan fingerprint density at radius 2 is 1.96 bits per heavy atom. The molecule has 0 amide bonds. The van der Waals surface area contributed by atoms with Crippen LogP contribution in [0.2, 0.25) is 0 Å². The number of hydrogen-bond acceptors (Lipinski definition) is 6. The van der Waals surface area contributed by atoms with Crippen LogP contribution < -0.4 is 15.0 Å². The first-order chi connectivity index (χ1) is 13.2. The summed E-state index contributed by atoms with van der Waals surface area (Å²) >= 11 is 1.29. The van der Waals surface area contributed by atoms with Gasteiger partial charge in [0.05, 0.1) is 7.11 Å². The number of benzene rings is 2. The van der Waals surface area contributed by atoms with E-state index in [1.165, 1.54) is 18.9 Å². The molecule has 0 saturated heterocycles. The molecule has 2 aromatic carbocycles. The summed E-state index contributed by atoms with van der Waals surface area (Å²) in [5, 5.41) is 9.88. The van der Waals surface area contributed by atoms with Gasteiger partial charge in [0.25, 0.3) is 5.56 Å². The maximum absolute atomic E-state index is 12.3. The number of para-hydroxylation sites is 1. The number of aromatic nitrogens is 2. The summed E-state index contributed by atoms with van der Waals surface area (Å²) in [6, 6.07) is 16.9. The number of H-pyrrole nitrogens is 1. The maximum atomic E-state index is 12.3. The number of thioether (sulfide) groups is 1. The van der Waals surface area contributed by atoms with Crippen molar-refractivity contribution in [3.63, 3.8) is 0 Å². The highest BCUT2D eigenvalue weighted by Gasteiger charge is 2.20. The highest BCUT2D eigenvalue weighted by molar-refractivity contribution is 7.98. The van der Waals surface area contributed by atoms with E-state index in [0.29, 0.717) is 28.8 Å². The molecular formula is C20H17N3O3S. The van der Waals surface area contributed by atoms with Gasteiger partial charge in [-0.3, -0.25) is 4.79 Å². The summed E-state index contributed by atoms with van der Waals surface area (Å²) < 4.78 is 11.4. The minimum absolute atomic E-state index is 0.0642. The van der Waals surface area contributed by atoms with Crippen LogP contribution >= 0.6 is 11.8 Å². The molecule has 0 aliphatic carbocycles. The summed E-state index contributed by atoms with van der Waals surface area (Å²) in [5.74, 6) is 0.936. The van der Waals surface area contributed by atoms with Gasteiger partial charge in [-0.25, -0.2) is 4.98 Å². The molecule has 0 spiro atoms. The van der Waals surface area contributed by atoms with E-state index in [2.05, 4.69) is 9.97 Å². The smallest absolute Gasteiger partial charge is 0.270 e. The molecule has 136 valence electrons. The third kappa shape index (κ3) is 3.96. The zero-order chi connectivity index (χ0) is 19.2. The van der Waals surface area contributed by atoms with Crippen molar-refractivity contribution in [2.24, 2.45) is 0 Å². The van der Waals surface area contributed by atoms with Crippen molar-refractivity contribution in [3.05, 3.63) is 70.0 Å². The fourth-order valence-electron chi connectivity index (χ4n) is 2.59. The topological polar surface area (TPSA) is 88.0 Å². The highest BCUT2D eigenvalue weighted by Crippen LogP contribution is 2.38. The molecular weight excluding hydrogens is 362 g/mol. The van der Waals surface area contributed by atoms with Crippen LogP contribution in [0.15, 0.2) is 58.5 Å². The van der Waals surface area contributed by atoms with Crippen LogP contribution in [0, 0.1) is 11.3 Å². The molecule has 1 heterocycles. The number of aromatic amines is 1. The Morgan fingerprint density at radius 1 is 1.19 bits per heavy atom. The van der Waals surface area contributed by atoms with Crippen molar-refractivity contribution in [2.75, 3.05) is 13.4 Å². The highest BCUT2D eigenvalue weighted by atomic mass is 32.2. The Hall–Kier alpha value is -3.24. The van der Waals surface area contributed by atoms with Crippen LogP contribution in [0.4, 0.5) is 0 Å². The minimum Gasteiger partial charge on any atom is -0.493 e. The lowest BCUT2D eigenvalue weighted by atomic mass is 10.1. The first-order valence-corrected chi connectivity index (χ1v) is 9.33. The Bertz CT molecular complexity index is 1040. The SMILES string of the molecule is COc1cccc(-c2nc(SC)[nH]c(=O)c2C#N)c1OCc1ccccc1. The Kier molecular flexibility index (Phi) is 5.79. The zero-order valence-electron chi connectivity index (χ0n) is 14.9. The second-order valence-electron chi connectivity index (χ2n) is 5.52. The van der Waals surface area contributed by atoms with E-state index in [0.717, 1.165) is 5.56 Å². The van der Waals surface area contributed by atoms with Crippen molar-refractivity contribution in [3.8, 4) is 28.8 Å². The first-order valence-electron chi connectivity index (χ1n) is 8.10. The molecule has 0 bridgehead atoms. The first kappa shape index (κ1) is 18.5. The van der Waals surface area contributed by atoms with Crippen LogP contribution in [-0.2, 0) is 6.61 Å². The van der Waals surface area contributed by atoms with Gasteiger partial charge in [0.15, 0.2) is 16.7 Å². The van der Waals surface area contributed by atoms with Crippen LogP contribution in [0.25, 0.3) is 11.3 Å². The molecule has 3 aromatic rings. The fraction of sp³-hybridized carbons (Fsp3) is 0.150. The van der Waals surface area contributed by atoms with Crippen LogP contribution in [0.3, 0.4) is 0 Å². The van der Waals surface area contributed by atoms with Crippen molar-refractivity contribution in [2.45, 2.75) is 11.8 Å². The van der Waals surface area contributed by atoms with E-state index >= 15 is 0 Å². The zero-order valence-corrected chi connectivity index (χ0v) is 15.7. The number of ether oxygens (including phenoxy) is 2.